The van der Waals surface area contributed by atoms with Crippen molar-refractivity contribution < 1.29 is 0 Å². The Labute approximate surface area is 238 Å². The first-order valence-electron chi connectivity index (χ1n) is 13.8. The van der Waals surface area contributed by atoms with Crippen molar-refractivity contribution >= 4 is 49.3 Å². The van der Waals surface area contributed by atoms with Gasteiger partial charge in [-0.3, -0.25) is 0 Å². The van der Waals surface area contributed by atoms with Crippen LogP contribution < -0.4 is 0 Å². The number of nitrogens with zero attached hydrogens (tertiary/aromatic N) is 3. The fraction of sp³-hybridized carbons (Fsp3) is 0.0263. The van der Waals surface area contributed by atoms with Gasteiger partial charge < -0.3 is 9.13 Å². The van der Waals surface area contributed by atoms with Gasteiger partial charge in [0.2, 0.25) is 0 Å². The van der Waals surface area contributed by atoms with Gasteiger partial charge in [0, 0.05) is 27.4 Å². The molecule has 0 N–H and O–H groups in total. The van der Waals surface area contributed by atoms with E-state index in [1.165, 1.54) is 32.9 Å². The van der Waals surface area contributed by atoms with E-state index in [4.69, 9.17) is 6.57 Å². The fourth-order valence-corrected chi connectivity index (χ4v) is 6.42. The van der Waals surface area contributed by atoms with Gasteiger partial charge in [0.1, 0.15) is 0 Å². The average molecular weight is 524 g/mol. The van der Waals surface area contributed by atoms with E-state index in [1.54, 1.807) is 0 Å². The second kappa shape index (κ2) is 8.98. The largest absolute Gasteiger partial charge is 0.309 e. The van der Waals surface area contributed by atoms with Gasteiger partial charge in [0.25, 0.3) is 0 Å². The van der Waals surface area contributed by atoms with Gasteiger partial charge in [-0.2, -0.15) is 0 Å². The number of rotatable bonds is 3. The van der Waals surface area contributed by atoms with Crippen LogP contribution >= 0.6 is 0 Å². The maximum Gasteiger partial charge on any atom is 0.188 e. The quantitative estimate of drug-likeness (QED) is 0.205. The van der Waals surface area contributed by atoms with Crippen molar-refractivity contribution in [2.75, 3.05) is 0 Å². The summed E-state index contributed by atoms with van der Waals surface area (Å²) < 4.78 is 4.72. The van der Waals surface area contributed by atoms with Crippen molar-refractivity contribution in [3.8, 4) is 22.5 Å². The van der Waals surface area contributed by atoms with Crippen molar-refractivity contribution in [2.45, 2.75) is 6.92 Å². The molecule has 8 rings (SSSR count). The van der Waals surface area contributed by atoms with Gasteiger partial charge in [-0.25, -0.2) is 4.85 Å². The molecule has 0 saturated carbocycles. The number of hydrogen-bond donors (Lipinski definition) is 0. The van der Waals surface area contributed by atoms with Crippen LogP contribution in [-0.2, 0) is 0 Å². The monoisotopic (exact) mass is 523 g/mol. The lowest BCUT2D eigenvalue weighted by molar-refractivity contribution is 1.15. The van der Waals surface area contributed by atoms with Gasteiger partial charge in [0.15, 0.2) is 5.69 Å². The van der Waals surface area contributed by atoms with Gasteiger partial charge in [-0.15, -0.1) is 0 Å². The molecule has 8 aromatic rings. The molecule has 0 atom stereocenters. The van der Waals surface area contributed by atoms with E-state index in [9.17, 15) is 0 Å². The second-order valence-electron chi connectivity index (χ2n) is 10.6. The zero-order chi connectivity index (χ0) is 27.5. The van der Waals surface area contributed by atoms with E-state index >= 15 is 0 Å². The molecule has 0 fully saturated rings. The average Bonchev–Trinajstić information content (AvgIpc) is 3.53. The Kier molecular flexibility index (Phi) is 5.10. The Morgan fingerprint density at radius 3 is 1.73 bits per heavy atom. The molecule has 3 heteroatoms. The van der Waals surface area contributed by atoms with Gasteiger partial charge >= 0.3 is 0 Å². The SMILES string of the molecule is [C-]#[N+]c1ccc2c(c1)c1cc(-c3ccccc3-n3c4ccccc4c4ccccc43)ccc1n2-c1ccccc1C. The Balaban J connectivity index is 1.43. The first-order valence-corrected chi connectivity index (χ1v) is 13.8. The van der Waals surface area contributed by atoms with Crippen LogP contribution in [-0.4, -0.2) is 9.13 Å². The van der Waals surface area contributed by atoms with Crippen molar-refractivity contribution in [1.29, 1.82) is 0 Å². The first-order chi connectivity index (χ1) is 20.2. The minimum Gasteiger partial charge on any atom is -0.309 e. The molecular formula is C38H25N3. The molecule has 0 unspecified atom stereocenters. The lowest BCUT2D eigenvalue weighted by atomic mass is 10.0. The molecule has 0 aliphatic carbocycles. The highest BCUT2D eigenvalue weighted by atomic mass is 15.0. The summed E-state index contributed by atoms with van der Waals surface area (Å²) in [5.74, 6) is 0. The number of aromatic nitrogens is 2. The number of hydrogen-bond acceptors (Lipinski definition) is 0. The van der Waals surface area contributed by atoms with Crippen LogP contribution in [0, 0.1) is 13.5 Å². The van der Waals surface area contributed by atoms with Crippen molar-refractivity contribution in [3.05, 3.63) is 150 Å². The summed E-state index contributed by atoms with van der Waals surface area (Å²) >= 11 is 0. The summed E-state index contributed by atoms with van der Waals surface area (Å²) in [7, 11) is 0. The molecule has 0 spiro atoms. The van der Waals surface area contributed by atoms with Crippen LogP contribution in [0.15, 0.2) is 133 Å². The summed E-state index contributed by atoms with van der Waals surface area (Å²) in [5, 5.41) is 4.74. The molecule has 0 aliphatic rings. The van der Waals surface area contributed by atoms with Crippen LogP contribution in [0.25, 0.3) is 71.0 Å². The number of para-hydroxylation sites is 4. The van der Waals surface area contributed by atoms with Crippen molar-refractivity contribution in [2.24, 2.45) is 0 Å². The summed E-state index contributed by atoms with van der Waals surface area (Å²) in [5.41, 5.74) is 11.1. The second-order valence-corrected chi connectivity index (χ2v) is 10.6. The standard InChI is InChI=1S/C38H25N3/c1-25-11-3-7-15-33(25)40-37-21-19-26(23-31(37)32-24-27(39-2)20-22-38(32)40)28-12-4-8-16-34(28)41-35-17-9-5-13-29(35)30-14-6-10-18-36(30)41/h3-24H,1H3. The third-order valence-corrected chi connectivity index (χ3v) is 8.27. The maximum absolute atomic E-state index is 7.66. The molecule has 0 saturated heterocycles. The van der Waals surface area contributed by atoms with Gasteiger partial charge in [0.05, 0.1) is 34.3 Å². The Hall–Kier alpha value is -5.59. The molecule has 0 bridgehead atoms. The highest BCUT2D eigenvalue weighted by Gasteiger charge is 2.18. The third-order valence-electron chi connectivity index (χ3n) is 8.27. The zero-order valence-corrected chi connectivity index (χ0v) is 22.5. The maximum atomic E-state index is 7.66. The number of benzene rings is 6. The van der Waals surface area contributed by atoms with Crippen LogP contribution in [0.4, 0.5) is 5.69 Å². The molecule has 0 amide bonds. The van der Waals surface area contributed by atoms with E-state index in [1.807, 2.05) is 12.1 Å². The molecule has 192 valence electrons. The zero-order valence-electron chi connectivity index (χ0n) is 22.5. The molecule has 2 aromatic heterocycles. The Bertz CT molecular complexity index is 2290. The predicted octanol–water partition coefficient (Wildman–Crippen LogP) is 10.4. The van der Waals surface area contributed by atoms with Crippen LogP contribution in [0.1, 0.15) is 5.56 Å². The topological polar surface area (TPSA) is 14.2 Å². The number of fused-ring (bicyclic) bond motifs is 6. The minimum atomic E-state index is 0.650. The first kappa shape index (κ1) is 23.3. The summed E-state index contributed by atoms with van der Waals surface area (Å²) in [6, 6.07) is 47.2. The highest BCUT2D eigenvalue weighted by molar-refractivity contribution is 6.12. The van der Waals surface area contributed by atoms with Crippen molar-refractivity contribution in [3.63, 3.8) is 0 Å². The van der Waals surface area contributed by atoms with Gasteiger partial charge in [-0.05, 0) is 72.0 Å². The molecule has 0 radical (unpaired) electrons. The van der Waals surface area contributed by atoms with E-state index in [0.29, 0.717) is 5.69 Å². The van der Waals surface area contributed by atoms with E-state index in [0.717, 1.165) is 38.7 Å². The Morgan fingerprint density at radius 2 is 1.02 bits per heavy atom. The lowest BCUT2D eigenvalue weighted by Gasteiger charge is -2.15. The molecular weight excluding hydrogens is 498 g/mol. The molecule has 41 heavy (non-hydrogen) atoms. The summed E-state index contributed by atoms with van der Waals surface area (Å²) in [4.78, 5) is 3.75. The highest BCUT2D eigenvalue weighted by Crippen LogP contribution is 2.40. The van der Waals surface area contributed by atoms with Gasteiger partial charge in [-0.1, -0.05) is 84.9 Å². The minimum absolute atomic E-state index is 0.650. The predicted molar refractivity (Wildman–Crippen MR) is 172 cm³/mol. The third kappa shape index (κ3) is 3.45. The summed E-state index contributed by atoms with van der Waals surface area (Å²) in [6.07, 6.45) is 0. The molecule has 2 heterocycles. The lowest BCUT2D eigenvalue weighted by Crippen LogP contribution is -1.97. The van der Waals surface area contributed by atoms with E-state index in [2.05, 4.69) is 142 Å². The molecule has 0 aliphatic heterocycles. The molecule has 3 nitrogen and oxygen atoms in total. The smallest absolute Gasteiger partial charge is 0.188 e. The van der Waals surface area contributed by atoms with Crippen LogP contribution in [0.3, 0.4) is 0 Å². The van der Waals surface area contributed by atoms with E-state index < -0.39 is 0 Å². The fourth-order valence-electron chi connectivity index (χ4n) is 6.42. The van der Waals surface area contributed by atoms with E-state index in [-0.39, 0.29) is 0 Å². The summed E-state index contributed by atoms with van der Waals surface area (Å²) in [6.45, 7) is 9.81. The Morgan fingerprint density at radius 1 is 0.488 bits per heavy atom. The normalized spacial score (nSPS) is 11.5. The van der Waals surface area contributed by atoms with Crippen molar-refractivity contribution in [1.82, 2.24) is 9.13 Å². The van der Waals surface area contributed by atoms with Crippen LogP contribution in [0.5, 0.6) is 0 Å². The number of aryl methyl sites for hydroxylation is 1. The van der Waals surface area contributed by atoms with Crippen LogP contribution in [0.2, 0.25) is 0 Å². The molecule has 6 aromatic carbocycles.